The molecule has 0 spiro atoms. The molecule has 1 N–H and O–H groups in total. The van der Waals surface area contributed by atoms with E-state index in [1.807, 2.05) is 13.8 Å². The molecule has 1 saturated heterocycles. The molecule has 1 rings (SSSR count). The zero-order valence-electron chi connectivity index (χ0n) is 6.68. The van der Waals surface area contributed by atoms with Gasteiger partial charge < -0.3 is 14.6 Å². The highest BCUT2D eigenvalue weighted by Crippen LogP contribution is 2.22. The number of rotatable bonds is 0. The van der Waals surface area contributed by atoms with Crippen LogP contribution >= 0.6 is 0 Å². The van der Waals surface area contributed by atoms with Crippen molar-refractivity contribution in [1.82, 2.24) is 0 Å². The van der Waals surface area contributed by atoms with Crippen LogP contribution in [0.3, 0.4) is 0 Å². The topological polar surface area (TPSA) is 38.7 Å². The predicted octanol–water partition coefficient (Wildman–Crippen LogP) is 0.520. The van der Waals surface area contributed by atoms with Crippen molar-refractivity contribution in [3.8, 4) is 0 Å². The normalized spacial score (nSPS) is 30.0. The summed E-state index contributed by atoms with van der Waals surface area (Å²) in [6.45, 7) is 6.06. The second-order valence-corrected chi connectivity index (χ2v) is 3.47. The maximum absolute atomic E-state index is 9.36. The van der Waals surface area contributed by atoms with E-state index in [0.717, 1.165) is 0 Å². The van der Waals surface area contributed by atoms with E-state index >= 15 is 0 Å². The van der Waals surface area contributed by atoms with E-state index in [4.69, 9.17) is 9.47 Å². The Labute approximate surface area is 60.9 Å². The zero-order chi connectivity index (χ0) is 7.83. The lowest BCUT2D eigenvalue weighted by Crippen LogP contribution is -2.49. The molecule has 0 bridgehead atoms. The maximum Gasteiger partial charge on any atom is 0.163 e. The highest BCUT2D eigenvalue weighted by atomic mass is 16.7. The molecule has 0 atom stereocenters. The summed E-state index contributed by atoms with van der Waals surface area (Å²) in [5.41, 5.74) is -0.810. The molecule has 1 heterocycles. The number of hydrogen-bond acceptors (Lipinski definition) is 3. The van der Waals surface area contributed by atoms with Crippen molar-refractivity contribution in [1.29, 1.82) is 0 Å². The zero-order valence-corrected chi connectivity index (χ0v) is 6.68. The van der Waals surface area contributed by atoms with Gasteiger partial charge >= 0.3 is 0 Å². The third-order valence-corrected chi connectivity index (χ3v) is 1.46. The first-order valence-corrected chi connectivity index (χ1v) is 3.42. The fraction of sp³-hybridized carbons (Fsp3) is 1.00. The molecule has 0 aromatic carbocycles. The van der Waals surface area contributed by atoms with Crippen molar-refractivity contribution in [2.45, 2.75) is 32.2 Å². The van der Waals surface area contributed by atoms with Gasteiger partial charge in [0.2, 0.25) is 0 Å². The van der Waals surface area contributed by atoms with Crippen LogP contribution in [0, 0.1) is 0 Å². The summed E-state index contributed by atoms with van der Waals surface area (Å²) < 4.78 is 10.4. The molecule has 10 heavy (non-hydrogen) atoms. The molecular formula is C7H14O3. The van der Waals surface area contributed by atoms with E-state index in [9.17, 15) is 5.11 Å². The highest BCUT2D eigenvalue weighted by molar-refractivity contribution is 4.77. The van der Waals surface area contributed by atoms with Gasteiger partial charge in [-0.15, -0.1) is 0 Å². The molecule has 0 unspecified atom stereocenters. The molecule has 0 saturated carbocycles. The first-order valence-electron chi connectivity index (χ1n) is 3.42. The third-order valence-electron chi connectivity index (χ3n) is 1.46. The molecule has 1 fully saturated rings. The quantitative estimate of drug-likeness (QED) is 0.541. The van der Waals surface area contributed by atoms with Gasteiger partial charge in [-0.1, -0.05) is 0 Å². The fourth-order valence-electron chi connectivity index (χ4n) is 0.742. The first kappa shape index (κ1) is 7.98. The van der Waals surface area contributed by atoms with Crippen LogP contribution in [0.4, 0.5) is 0 Å². The highest BCUT2D eigenvalue weighted by Gasteiger charge is 2.34. The molecule has 0 amide bonds. The fourth-order valence-corrected chi connectivity index (χ4v) is 0.742. The van der Waals surface area contributed by atoms with Gasteiger partial charge in [0.05, 0.1) is 13.2 Å². The summed E-state index contributed by atoms with van der Waals surface area (Å²) in [7, 11) is 0. The lowest BCUT2D eigenvalue weighted by Gasteiger charge is -2.38. The monoisotopic (exact) mass is 146 g/mol. The van der Waals surface area contributed by atoms with Crippen molar-refractivity contribution in [3.05, 3.63) is 0 Å². The third kappa shape index (κ3) is 1.94. The van der Waals surface area contributed by atoms with Crippen molar-refractivity contribution < 1.29 is 14.6 Å². The van der Waals surface area contributed by atoms with Crippen molar-refractivity contribution in [2.75, 3.05) is 13.2 Å². The summed E-state index contributed by atoms with van der Waals surface area (Å²) in [6, 6.07) is 0. The standard InChI is InChI=1S/C7H14O3/c1-6(2)9-4-7(3,8)5-10-6/h8H,4-5H2,1-3H3. The second-order valence-electron chi connectivity index (χ2n) is 3.47. The summed E-state index contributed by atoms with van der Waals surface area (Å²) in [5.74, 6) is -0.526. The molecule has 0 aromatic heterocycles. The van der Waals surface area contributed by atoms with Crippen LogP contribution in [-0.4, -0.2) is 29.7 Å². The van der Waals surface area contributed by atoms with Gasteiger partial charge in [-0.3, -0.25) is 0 Å². The van der Waals surface area contributed by atoms with Crippen LogP contribution in [-0.2, 0) is 9.47 Å². The van der Waals surface area contributed by atoms with Gasteiger partial charge in [0.25, 0.3) is 0 Å². The molecule has 0 aromatic rings. The molecule has 0 aliphatic carbocycles. The molecular weight excluding hydrogens is 132 g/mol. The molecule has 1 aliphatic rings. The van der Waals surface area contributed by atoms with Gasteiger partial charge in [0, 0.05) is 0 Å². The van der Waals surface area contributed by atoms with Gasteiger partial charge in [-0.25, -0.2) is 0 Å². The van der Waals surface area contributed by atoms with Gasteiger partial charge in [0.15, 0.2) is 5.79 Å². The summed E-state index contributed by atoms with van der Waals surface area (Å²) >= 11 is 0. The first-order chi connectivity index (χ1) is 4.41. The Balaban J connectivity index is 2.46. The minimum absolute atomic E-state index is 0.347. The molecule has 0 radical (unpaired) electrons. The Bertz CT molecular complexity index is 101. The summed E-state index contributed by atoms with van der Waals surface area (Å²) in [5, 5.41) is 9.36. The number of aliphatic hydroxyl groups is 1. The Hall–Kier alpha value is -0.120. The van der Waals surface area contributed by atoms with Gasteiger partial charge in [0.1, 0.15) is 5.60 Å². The number of hydrogen-bond donors (Lipinski definition) is 1. The average molecular weight is 146 g/mol. The van der Waals surface area contributed by atoms with Crippen molar-refractivity contribution >= 4 is 0 Å². The minimum atomic E-state index is -0.810. The van der Waals surface area contributed by atoms with Crippen LogP contribution in [0.1, 0.15) is 20.8 Å². The van der Waals surface area contributed by atoms with Crippen LogP contribution < -0.4 is 0 Å². The maximum atomic E-state index is 9.36. The molecule has 1 aliphatic heterocycles. The van der Waals surface area contributed by atoms with Crippen LogP contribution in [0.15, 0.2) is 0 Å². The van der Waals surface area contributed by atoms with Crippen LogP contribution in [0.25, 0.3) is 0 Å². The van der Waals surface area contributed by atoms with Crippen LogP contribution in [0.2, 0.25) is 0 Å². The minimum Gasteiger partial charge on any atom is -0.385 e. The Morgan fingerprint density at radius 3 is 1.80 bits per heavy atom. The molecule has 60 valence electrons. The molecule has 3 heteroatoms. The average Bonchev–Trinajstić information content (AvgIpc) is 1.79. The van der Waals surface area contributed by atoms with E-state index in [1.54, 1.807) is 6.92 Å². The smallest absolute Gasteiger partial charge is 0.163 e. The van der Waals surface area contributed by atoms with E-state index in [-0.39, 0.29) is 0 Å². The van der Waals surface area contributed by atoms with E-state index in [1.165, 1.54) is 0 Å². The van der Waals surface area contributed by atoms with Gasteiger partial charge in [-0.05, 0) is 20.8 Å². The lowest BCUT2D eigenvalue weighted by atomic mass is 10.1. The predicted molar refractivity (Wildman–Crippen MR) is 36.6 cm³/mol. The second kappa shape index (κ2) is 2.19. The van der Waals surface area contributed by atoms with E-state index < -0.39 is 11.4 Å². The Kier molecular flexibility index (Phi) is 1.75. The number of ether oxygens (including phenoxy) is 2. The van der Waals surface area contributed by atoms with Crippen molar-refractivity contribution in [2.24, 2.45) is 0 Å². The van der Waals surface area contributed by atoms with Crippen LogP contribution in [0.5, 0.6) is 0 Å². The summed E-state index contributed by atoms with van der Waals surface area (Å²) in [4.78, 5) is 0. The van der Waals surface area contributed by atoms with Crippen molar-refractivity contribution in [3.63, 3.8) is 0 Å². The van der Waals surface area contributed by atoms with E-state index in [0.29, 0.717) is 13.2 Å². The largest absolute Gasteiger partial charge is 0.385 e. The SMILES string of the molecule is CC1(O)COC(C)(C)OC1. The van der Waals surface area contributed by atoms with Gasteiger partial charge in [-0.2, -0.15) is 0 Å². The molecule has 3 nitrogen and oxygen atoms in total. The summed E-state index contributed by atoms with van der Waals surface area (Å²) in [6.07, 6.45) is 0. The Morgan fingerprint density at radius 1 is 1.10 bits per heavy atom. The van der Waals surface area contributed by atoms with E-state index in [2.05, 4.69) is 0 Å². The Morgan fingerprint density at radius 2 is 1.50 bits per heavy atom. The lowest BCUT2D eigenvalue weighted by molar-refractivity contribution is -0.297.